The number of nitrogens with zero attached hydrogens (tertiary/aromatic N) is 2. The lowest BCUT2D eigenvalue weighted by atomic mass is 10.3. The van der Waals surface area contributed by atoms with E-state index in [1.165, 1.54) is 43.5 Å². The number of ether oxygens (including phenoxy) is 1. The van der Waals surface area contributed by atoms with Crippen LogP contribution >= 0.6 is 0 Å². The van der Waals surface area contributed by atoms with Crippen molar-refractivity contribution in [3.63, 3.8) is 0 Å². The van der Waals surface area contributed by atoms with Gasteiger partial charge in [-0.2, -0.15) is 0 Å². The minimum atomic E-state index is -4.04. The number of anilines is 1. The lowest BCUT2D eigenvalue weighted by Crippen LogP contribution is -2.41. The van der Waals surface area contributed by atoms with E-state index in [2.05, 4.69) is 5.32 Å². The highest BCUT2D eigenvalue weighted by atomic mass is 32.2. The van der Waals surface area contributed by atoms with Gasteiger partial charge in [0.1, 0.15) is 6.54 Å². The Morgan fingerprint density at radius 3 is 2.33 bits per heavy atom. The molecule has 9 nitrogen and oxygen atoms in total. The molecule has 144 valence electrons. The molecule has 1 amide bonds. The molecule has 2 aromatic carbocycles. The Morgan fingerprint density at radius 1 is 1.15 bits per heavy atom. The fourth-order valence-corrected chi connectivity index (χ4v) is 3.70. The summed E-state index contributed by atoms with van der Waals surface area (Å²) in [5.74, 6) is -0.523. The number of carbonyl (C=O) groups is 1. The summed E-state index contributed by atoms with van der Waals surface area (Å²) in [7, 11) is -2.56. The van der Waals surface area contributed by atoms with E-state index in [9.17, 15) is 23.3 Å². The average molecular weight is 393 g/mol. The number of hydrogen-bond donors (Lipinski definition) is 1. The van der Waals surface area contributed by atoms with Crippen LogP contribution < -0.4 is 9.62 Å². The Hall–Kier alpha value is -2.98. The lowest BCUT2D eigenvalue weighted by molar-refractivity contribution is -0.384. The minimum Gasteiger partial charge on any atom is -0.383 e. The first kappa shape index (κ1) is 20.3. The first-order valence-electron chi connectivity index (χ1n) is 7.94. The molecule has 10 heteroatoms. The molecule has 0 aliphatic rings. The molecular formula is C17H19N3O6S. The molecule has 0 bridgehead atoms. The maximum absolute atomic E-state index is 13.0. The molecule has 27 heavy (non-hydrogen) atoms. The van der Waals surface area contributed by atoms with Gasteiger partial charge in [-0.1, -0.05) is 18.2 Å². The van der Waals surface area contributed by atoms with Gasteiger partial charge in [0.15, 0.2) is 0 Å². The van der Waals surface area contributed by atoms with Crippen molar-refractivity contribution >= 4 is 27.3 Å². The van der Waals surface area contributed by atoms with E-state index in [1.54, 1.807) is 18.2 Å². The van der Waals surface area contributed by atoms with Crippen molar-refractivity contribution < 1.29 is 22.9 Å². The monoisotopic (exact) mass is 393 g/mol. The van der Waals surface area contributed by atoms with Gasteiger partial charge < -0.3 is 10.1 Å². The number of nitro groups is 1. The number of nitro benzene ring substituents is 1. The Bertz CT molecular complexity index is 885. The minimum absolute atomic E-state index is 0.00745. The highest BCUT2D eigenvalue weighted by molar-refractivity contribution is 7.92. The van der Waals surface area contributed by atoms with E-state index in [-0.39, 0.29) is 29.4 Å². The number of hydrogen-bond acceptors (Lipinski definition) is 6. The number of non-ortho nitro benzene ring substituents is 1. The number of sulfonamides is 1. The van der Waals surface area contributed by atoms with E-state index in [0.717, 1.165) is 4.31 Å². The van der Waals surface area contributed by atoms with E-state index < -0.39 is 27.4 Å². The van der Waals surface area contributed by atoms with Gasteiger partial charge in [-0.15, -0.1) is 0 Å². The molecule has 0 atom stereocenters. The summed E-state index contributed by atoms with van der Waals surface area (Å²) < 4.78 is 31.8. The Labute approximate surface area is 156 Å². The molecule has 0 unspecified atom stereocenters. The zero-order chi connectivity index (χ0) is 19.9. The third-order valence-corrected chi connectivity index (χ3v) is 5.38. The highest BCUT2D eigenvalue weighted by Gasteiger charge is 2.27. The van der Waals surface area contributed by atoms with E-state index in [1.807, 2.05) is 0 Å². The largest absolute Gasteiger partial charge is 0.383 e. The summed E-state index contributed by atoms with van der Waals surface area (Å²) >= 11 is 0. The summed E-state index contributed by atoms with van der Waals surface area (Å²) in [5.41, 5.74) is -0.0355. The van der Waals surface area contributed by atoms with Gasteiger partial charge in [0.05, 0.1) is 22.1 Å². The predicted molar refractivity (Wildman–Crippen MR) is 99.0 cm³/mol. The second kappa shape index (κ2) is 9.10. The summed E-state index contributed by atoms with van der Waals surface area (Å²) in [6.45, 7) is 0.0439. The molecule has 0 saturated heterocycles. The summed E-state index contributed by atoms with van der Waals surface area (Å²) in [6.07, 6.45) is 0. The van der Waals surface area contributed by atoms with Crippen LogP contribution in [0.5, 0.6) is 0 Å². The van der Waals surface area contributed by atoms with Crippen molar-refractivity contribution in [1.29, 1.82) is 0 Å². The summed E-state index contributed by atoms with van der Waals surface area (Å²) in [4.78, 5) is 22.4. The van der Waals surface area contributed by atoms with Crippen molar-refractivity contribution in [1.82, 2.24) is 5.32 Å². The molecule has 0 radical (unpaired) electrons. The van der Waals surface area contributed by atoms with Crippen LogP contribution in [0.15, 0.2) is 59.5 Å². The van der Waals surface area contributed by atoms with Crippen LogP contribution in [-0.4, -0.2) is 46.1 Å². The molecule has 0 aliphatic carbocycles. The number of methoxy groups -OCH3 is 1. The normalized spacial score (nSPS) is 11.0. The van der Waals surface area contributed by atoms with Crippen molar-refractivity contribution in [2.45, 2.75) is 4.90 Å². The van der Waals surface area contributed by atoms with E-state index >= 15 is 0 Å². The quantitative estimate of drug-likeness (QED) is 0.392. The van der Waals surface area contributed by atoms with Crippen molar-refractivity contribution in [2.75, 3.05) is 31.1 Å². The molecular weight excluding hydrogens is 374 g/mol. The van der Waals surface area contributed by atoms with Crippen LogP contribution in [-0.2, 0) is 19.6 Å². The van der Waals surface area contributed by atoms with Gasteiger partial charge in [-0.25, -0.2) is 8.42 Å². The number of amides is 1. The second-order valence-electron chi connectivity index (χ2n) is 5.44. The first-order valence-corrected chi connectivity index (χ1v) is 9.38. The van der Waals surface area contributed by atoms with Gasteiger partial charge in [-0.05, 0) is 24.3 Å². The standard InChI is InChI=1S/C17H19N3O6S/c1-26-12-11-18-17(21)13-19(14-7-9-15(10-8-14)20(22)23)27(24,25)16-5-3-2-4-6-16/h2-10H,11-13H2,1H3,(H,18,21). The molecule has 0 aliphatic heterocycles. The summed E-state index contributed by atoms with van der Waals surface area (Å²) in [5, 5.41) is 13.4. The van der Waals surface area contributed by atoms with Crippen LogP contribution in [0, 0.1) is 10.1 Å². The number of carbonyl (C=O) groups excluding carboxylic acids is 1. The number of nitrogens with one attached hydrogen (secondary N) is 1. The molecule has 2 rings (SSSR count). The fraction of sp³-hybridized carbons (Fsp3) is 0.235. The topological polar surface area (TPSA) is 119 Å². The van der Waals surface area contributed by atoms with Crippen molar-refractivity contribution in [2.24, 2.45) is 0 Å². The molecule has 0 fully saturated rings. The van der Waals surface area contributed by atoms with Crippen LogP contribution in [0.4, 0.5) is 11.4 Å². The summed E-state index contributed by atoms with van der Waals surface area (Å²) in [6, 6.07) is 12.6. The Kier molecular flexibility index (Phi) is 6.85. The number of benzene rings is 2. The second-order valence-corrected chi connectivity index (χ2v) is 7.30. The third-order valence-electron chi connectivity index (χ3n) is 3.60. The SMILES string of the molecule is COCCNC(=O)CN(c1ccc([N+](=O)[O-])cc1)S(=O)(=O)c1ccccc1. The Balaban J connectivity index is 2.36. The average Bonchev–Trinajstić information content (AvgIpc) is 2.67. The van der Waals surface area contributed by atoms with Gasteiger partial charge in [-0.3, -0.25) is 19.2 Å². The molecule has 0 saturated carbocycles. The highest BCUT2D eigenvalue weighted by Crippen LogP contribution is 2.25. The zero-order valence-corrected chi connectivity index (χ0v) is 15.4. The molecule has 1 N–H and O–H groups in total. The maximum Gasteiger partial charge on any atom is 0.269 e. The third kappa shape index (κ3) is 5.25. The molecule has 0 spiro atoms. The lowest BCUT2D eigenvalue weighted by Gasteiger charge is -2.24. The smallest absolute Gasteiger partial charge is 0.269 e. The van der Waals surface area contributed by atoms with Gasteiger partial charge >= 0.3 is 0 Å². The van der Waals surface area contributed by atoms with Gasteiger partial charge in [0.25, 0.3) is 15.7 Å². The van der Waals surface area contributed by atoms with E-state index in [4.69, 9.17) is 4.74 Å². The fourth-order valence-electron chi connectivity index (χ4n) is 2.25. The maximum atomic E-state index is 13.0. The molecule has 0 aromatic heterocycles. The van der Waals surface area contributed by atoms with Gasteiger partial charge in [0.2, 0.25) is 5.91 Å². The predicted octanol–water partition coefficient (Wildman–Crippen LogP) is 1.55. The van der Waals surface area contributed by atoms with E-state index in [0.29, 0.717) is 0 Å². The van der Waals surface area contributed by atoms with Gasteiger partial charge in [0, 0.05) is 25.8 Å². The number of rotatable bonds is 9. The zero-order valence-electron chi connectivity index (χ0n) is 14.6. The van der Waals surface area contributed by atoms with Crippen LogP contribution in [0.1, 0.15) is 0 Å². The van der Waals surface area contributed by atoms with Crippen molar-refractivity contribution in [3.05, 3.63) is 64.7 Å². The molecule has 0 heterocycles. The van der Waals surface area contributed by atoms with Crippen molar-refractivity contribution in [3.8, 4) is 0 Å². The molecule has 2 aromatic rings. The van der Waals surface area contributed by atoms with Crippen LogP contribution in [0.2, 0.25) is 0 Å². The van der Waals surface area contributed by atoms with Crippen LogP contribution in [0.25, 0.3) is 0 Å². The van der Waals surface area contributed by atoms with Crippen LogP contribution in [0.3, 0.4) is 0 Å². The Morgan fingerprint density at radius 2 is 1.78 bits per heavy atom. The first-order chi connectivity index (χ1) is 12.9.